The summed E-state index contributed by atoms with van der Waals surface area (Å²) in [5.41, 5.74) is -0.0444. The Hall–Kier alpha value is -1.59. The van der Waals surface area contributed by atoms with Crippen LogP contribution in [0.15, 0.2) is 18.2 Å². The molecule has 0 radical (unpaired) electrons. The molecular formula is C11H10F4O2. The molecule has 1 aromatic rings. The summed E-state index contributed by atoms with van der Waals surface area (Å²) in [6, 6.07) is 2.94. The first-order valence-corrected chi connectivity index (χ1v) is 4.75. The molecule has 0 bridgehead atoms. The summed E-state index contributed by atoms with van der Waals surface area (Å²) in [6.45, 7) is 1.45. The zero-order chi connectivity index (χ0) is 13.2. The maximum atomic E-state index is 13.0. The Kier molecular flexibility index (Phi) is 3.75. The van der Waals surface area contributed by atoms with Crippen molar-refractivity contribution in [3.05, 3.63) is 35.1 Å². The number of alkyl halides is 3. The fraction of sp³-hybridized carbons (Fsp3) is 0.364. The molecule has 0 aliphatic heterocycles. The van der Waals surface area contributed by atoms with Crippen LogP contribution < -0.4 is 0 Å². The highest BCUT2D eigenvalue weighted by Crippen LogP contribution is 2.37. The Bertz CT molecular complexity index is 406. The van der Waals surface area contributed by atoms with Gasteiger partial charge in [-0.05, 0) is 30.2 Å². The molecule has 6 heteroatoms. The van der Waals surface area contributed by atoms with Gasteiger partial charge in [0, 0.05) is 0 Å². The van der Waals surface area contributed by atoms with Gasteiger partial charge in [0.15, 0.2) is 0 Å². The van der Waals surface area contributed by atoms with Gasteiger partial charge in [0.05, 0.1) is 12.3 Å². The van der Waals surface area contributed by atoms with Crippen molar-refractivity contribution in [1.82, 2.24) is 0 Å². The Morgan fingerprint density at radius 3 is 2.35 bits per heavy atom. The molecule has 1 unspecified atom stereocenters. The molecule has 1 rings (SSSR count). The number of aryl methyl sites for hydroxylation is 1. The Morgan fingerprint density at radius 1 is 1.35 bits per heavy atom. The standard InChI is InChI=1S/C11H10F4O2/c1-6-2-7(4-8(12)3-6)9(5-10(16)17)11(13,14)15/h2-4,9H,5H2,1H3,(H,16,17). The van der Waals surface area contributed by atoms with Gasteiger partial charge in [0.1, 0.15) is 5.82 Å². The smallest absolute Gasteiger partial charge is 0.396 e. The quantitative estimate of drug-likeness (QED) is 0.836. The van der Waals surface area contributed by atoms with Crippen LogP contribution in [0.2, 0.25) is 0 Å². The molecule has 1 aromatic carbocycles. The van der Waals surface area contributed by atoms with Crippen molar-refractivity contribution >= 4 is 5.97 Å². The highest BCUT2D eigenvalue weighted by atomic mass is 19.4. The zero-order valence-electron chi connectivity index (χ0n) is 8.88. The van der Waals surface area contributed by atoms with Crippen molar-refractivity contribution in [2.75, 3.05) is 0 Å². The van der Waals surface area contributed by atoms with Crippen molar-refractivity contribution in [1.29, 1.82) is 0 Å². The number of rotatable bonds is 3. The lowest BCUT2D eigenvalue weighted by Crippen LogP contribution is -2.23. The van der Waals surface area contributed by atoms with Crippen LogP contribution in [-0.4, -0.2) is 17.3 Å². The maximum absolute atomic E-state index is 13.0. The van der Waals surface area contributed by atoms with Crippen LogP contribution in [0.3, 0.4) is 0 Å². The van der Waals surface area contributed by atoms with Crippen molar-refractivity contribution in [2.24, 2.45) is 0 Å². The zero-order valence-corrected chi connectivity index (χ0v) is 8.88. The molecular weight excluding hydrogens is 240 g/mol. The SMILES string of the molecule is Cc1cc(F)cc(C(CC(=O)O)C(F)(F)F)c1. The number of hydrogen-bond acceptors (Lipinski definition) is 1. The van der Waals surface area contributed by atoms with Crippen LogP contribution in [0.4, 0.5) is 17.6 Å². The van der Waals surface area contributed by atoms with E-state index in [-0.39, 0.29) is 5.56 Å². The third-order valence-electron chi connectivity index (χ3n) is 2.24. The van der Waals surface area contributed by atoms with Gasteiger partial charge in [-0.3, -0.25) is 4.79 Å². The second kappa shape index (κ2) is 4.73. The Balaban J connectivity index is 3.17. The van der Waals surface area contributed by atoms with Crippen LogP contribution in [0.1, 0.15) is 23.5 Å². The monoisotopic (exact) mass is 250 g/mol. The van der Waals surface area contributed by atoms with Crippen LogP contribution >= 0.6 is 0 Å². The van der Waals surface area contributed by atoms with E-state index in [4.69, 9.17) is 5.11 Å². The van der Waals surface area contributed by atoms with E-state index in [1.807, 2.05) is 0 Å². The molecule has 0 saturated heterocycles. The van der Waals surface area contributed by atoms with Crippen LogP contribution in [-0.2, 0) is 4.79 Å². The lowest BCUT2D eigenvalue weighted by atomic mass is 9.94. The summed E-state index contributed by atoms with van der Waals surface area (Å²) >= 11 is 0. The van der Waals surface area contributed by atoms with Crippen LogP contribution in [0.5, 0.6) is 0 Å². The summed E-state index contributed by atoms with van der Waals surface area (Å²) < 4.78 is 50.9. The van der Waals surface area contributed by atoms with Gasteiger partial charge in [-0.2, -0.15) is 13.2 Å². The highest BCUT2D eigenvalue weighted by Gasteiger charge is 2.42. The Labute approximate surface area is 94.9 Å². The fourth-order valence-electron chi connectivity index (χ4n) is 1.56. The average Bonchev–Trinajstić information content (AvgIpc) is 2.10. The largest absolute Gasteiger partial charge is 0.481 e. The summed E-state index contributed by atoms with van der Waals surface area (Å²) in [5, 5.41) is 8.45. The van der Waals surface area contributed by atoms with E-state index in [9.17, 15) is 22.4 Å². The first-order valence-electron chi connectivity index (χ1n) is 4.75. The average molecular weight is 250 g/mol. The highest BCUT2D eigenvalue weighted by molar-refractivity contribution is 5.68. The van der Waals surface area contributed by atoms with Gasteiger partial charge < -0.3 is 5.11 Å². The van der Waals surface area contributed by atoms with Gasteiger partial charge in [-0.1, -0.05) is 6.07 Å². The van der Waals surface area contributed by atoms with Gasteiger partial charge in [0.2, 0.25) is 0 Å². The van der Waals surface area contributed by atoms with E-state index in [0.29, 0.717) is 11.6 Å². The van der Waals surface area contributed by atoms with Gasteiger partial charge >= 0.3 is 12.1 Å². The minimum Gasteiger partial charge on any atom is -0.481 e. The number of benzene rings is 1. The maximum Gasteiger partial charge on any atom is 0.396 e. The molecule has 0 aromatic heterocycles. The van der Waals surface area contributed by atoms with E-state index >= 15 is 0 Å². The molecule has 17 heavy (non-hydrogen) atoms. The van der Waals surface area contributed by atoms with Crippen molar-refractivity contribution in [3.63, 3.8) is 0 Å². The molecule has 1 atom stereocenters. The summed E-state index contributed by atoms with van der Waals surface area (Å²) in [4.78, 5) is 10.4. The second-order valence-corrected chi connectivity index (χ2v) is 3.75. The minimum atomic E-state index is -4.71. The van der Waals surface area contributed by atoms with E-state index in [1.165, 1.54) is 6.92 Å². The van der Waals surface area contributed by atoms with Crippen LogP contribution in [0, 0.1) is 12.7 Å². The molecule has 0 saturated carbocycles. The fourth-order valence-corrected chi connectivity index (χ4v) is 1.56. The van der Waals surface area contributed by atoms with Gasteiger partial charge in [-0.25, -0.2) is 4.39 Å². The molecule has 0 aliphatic rings. The van der Waals surface area contributed by atoms with E-state index < -0.39 is 30.3 Å². The Morgan fingerprint density at radius 2 is 1.94 bits per heavy atom. The van der Waals surface area contributed by atoms with Gasteiger partial charge in [-0.15, -0.1) is 0 Å². The number of hydrogen-bond donors (Lipinski definition) is 1. The predicted molar refractivity (Wildman–Crippen MR) is 52.2 cm³/mol. The summed E-state index contributed by atoms with van der Waals surface area (Å²) in [5.74, 6) is -4.57. The van der Waals surface area contributed by atoms with Gasteiger partial charge in [0.25, 0.3) is 0 Å². The topological polar surface area (TPSA) is 37.3 Å². The molecule has 2 nitrogen and oxygen atoms in total. The third-order valence-corrected chi connectivity index (χ3v) is 2.24. The van der Waals surface area contributed by atoms with Crippen molar-refractivity contribution in [2.45, 2.75) is 25.4 Å². The first-order chi connectivity index (χ1) is 7.70. The molecule has 0 spiro atoms. The second-order valence-electron chi connectivity index (χ2n) is 3.75. The number of carboxylic acids is 1. The summed E-state index contributed by atoms with van der Waals surface area (Å²) in [6.07, 6.45) is -5.81. The van der Waals surface area contributed by atoms with Crippen molar-refractivity contribution in [3.8, 4) is 0 Å². The van der Waals surface area contributed by atoms with E-state index in [1.54, 1.807) is 0 Å². The van der Waals surface area contributed by atoms with E-state index in [2.05, 4.69) is 0 Å². The lowest BCUT2D eigenvalue weighted by Gasteiger charge is -2.19. The minimum absolute atomic E-state index is 0.319. The molecule has 94 valence electrons. The summed E-state index contributed by atoms with van der Waals surface area (Å²) in [7, 11) is 0. The van der Waals surface area contributed by atoms with E-state index in [0.717, 1.165) is 12.1 Å². The first kappa shape index (κ1) is 13.5. The van der Waals surface area contributed by atoms with Crippen LogP contribution in [0.25, 0.3) is 0 Å². The number of carbonyl (C=O) groups is 1. The molecule has 0 heterocycles. The predicted octanol–water partition coefficient (Wildman–Crippen LogP) is 3.25. The molecule has 0 amide bonds. The number of aliphatic carboxylic acids is 1. The molecule has 0 aliphatic carbocycles. The molecule has 0 fully saturated rings. The number of carboxylic acid groups (broad SMARTS) is 1. The van der Waals surface area contributed by atoms with Crippen molar-refractivity contribution < 1.29 is 27.5 Å². The third kappa shape index (κ3) is 3.72. The molecule has 1 N–H and O–H groups in total. The lowest BCUT2D eigenvalue weighted by molar-refractivity contribution is -0.163. The normalized spacial score (nSPS) is 13.5. The number of halogens is 4.